The smallest absolute Gasteiger partial charge is 0.229 e. The van der Waals surface area contributed by atoms with Gasteiger partial charge in [-0.1, -0.05) is 6.92 Å². The predicted octanol–water partition coefficient (Wildman–Crippen LogP) is 2.38. The first-order chi connectivity index (χ1) is 14.1. The van der Waals surface area contributed by atoms with E-state index in [1.807, 2.05) is 23.4 Å². The van der Waals surface area contributed by atoms with E-state index in [0.29, 0.717) is 17.8 Å². The molecule has 2 atom stereocenters. The second kappa shape index (κ2) is 7.07. The maximum atomic E-state index is 12.8. The Morgan fingerprint density at radius 1 is 1.34 bits per heavy atom. The van der Waals surface area contributed by atoms with E-state index in [0.717, 1.165) is 34.5 Å². The number of nitrogens with one attached hydrogen (secondary N) is 1. The van der Waals surface area contributed by atoms with Gasteiger partial charge in [0.05, 0.1) is 23.4 Å². The monoisotopic (exact) mass is 408 g/mol. The molecule has 0 aliphatic carbocycles. The van der Waals surface area contributed by atoms with E-state index in [1.54, 1.807) is 17.8 Å². The van der Waals surface area contributed by atoms with E-state index in [-0.39, 0.29) is 23.8 Å². The summed E-state index contributed by atoms with van der Waals surface area (Å²) in [6.45, 7) is 3.54. The molecule has 1 amide bonds. The highest BCUT2D eigenvalue weighted by molar-refractivity contribution is 7.09. The van der Waals surface area contributed by atoms with Crippen LogP contribution < -0.4 is 5.43 Å². The summed E-state index contributed by atoms with van der Waals surface area (Å²) in [6.07, 6.45) is 6.52. The first-order valence-corrected chi connectivity index (χ1v) is 10.5. The molecule has 0 aromatic carbocycles. The summed E-state index contributed by atoms with van der Waals surface area (Å²) in [5, 5.41) is 10.1. The van der Waals surface area contributed by atoms with E-state index >= 15 is 0 Å². The van der Waals surface area contributed by atoms with Crippen molar-refractivity contribution >= 4 is 39.2 Å². The van der Waals surface area contributed by atoms with Crippen LogP contribution in [0.3, 0.4) is 0 Å². The highest BCUT2D eigenvalue weighted by Gasteiger charge is 2.31. The number of hydrogen-bond donors (Lipinski definition) is 1. The Morgan fingerprint density at radius 2 is 2.24 bits per heavy atom. The largest absolute Gasteiger partial charge is 0.346 e. The number of aromatic amines is 1. The molecule has 1 fully saturated rings. The molecule has 1 N–H and O–H groups in total. The van der Waals surface area contributed by atoms with Gasteiger partial charge >= 0.3 is 0 Å². The number of carbonyl (C=O) groups is 1. The Hall–Kier alpha value is -3.07. The molecule has 5 heterocycles. The fraction of sp³-hybridized carbons (Fsp3) is 0.350. The van der Waals surface area contributed by atoms with Crippen molar-refractivity contribution in [3.8, 4) is 0 Å². The van der Waals surface area contributed by atoms with Gasteiger partial charge in [-0.15, -0.1) is 21.5 Å². The van der Waals surface area contributed by atoms with Gasteiger partial charge in [-0.05, 0) is 18.4 Å². The van der Waals surface area contributed by atoms with Gasteiger partial charge in [0.2, 0.25) is 5.91 Å². The molecule has 148 valence electrons. The van der Waals surface area contributed by atoms with Gasteiger partial charge in [-0.2, -0.15) is 0 Å². The summed E-state index contributed by atoms with van der Waals surface area (Å²) in [4.78, 5) is 34.7. The van der Waals surface area contributed by atoms with Crippen molar-refractivity contribution < 1.29 is 4.79 Å². The maximum absolute atomic E-state index is 12.8. The average molecular weight is 408 g/mol. The van der Waals surface area contributed by atoms with E-state index < -0.39 is 0 Å². The number of aromatic nitrogens is 5. The molecule has 1 aliphatic rings. The standard InChI is InChI=1S/C20H20N6O2S/c1-12-3-6-25(18(28)8-17-24-23-11-29-17)10-15(12)26-7-4-16(27)14-9-22-20-13(19(14)26)2-5-21-20/h2,4-5,7,9,11-12,15H,3,6,8,10H2,1H3,(H,21,22)/t12-,15+/m1/s1. The van der Waals surface area contributed by atoms with E-state index in [9.17, 15) is 9.59 Å². The number of fused-ring (bicyclic) bond motifs is 3. The van der Waals surface area contributed by atoms with Crippen LogP contribution in [0.15, 0.2) is 41.0 Å². The van der Waals surface area contributed by atoms with Gasteiger partial charge in [-0.3, -0.25) is 9.59 Å². The van der Waals surface area contributed by atoms with Crippen LogP contribution in [0.4, 0.5) is 0 Å². The van der Waals surface area contributed by atoms with Gasteiger partial charge in [0.25, 0.3) is 0 Å². The van der Waals surface area contributed by atoms with Gasteiger partial charge in [0, 0.05) is 43.1 Å². The Bertz CT molecular complexity index is 1250. The molecule has 0 spiro atoms. The summed E-state index contributed by atoms with van der Waals surface area (Å²) < 4.78 is 2.16. The van der Waals surface area contributed by atoms with Crippen LogP contribution in [0.25, 0.3) is 21.9 Å². The Morgan fingerprint density at radius 3 is 3.07 bits per heavy atom. The molecule has 8 nitrogen and oxygen atoms in total. The number of pyridine rings is 2. The van der Waals surface area contributed by atoms with Gasteiger partial charge in [0.1, 0.15) is 16.2 Å². The third-order valence-corrected chi connectivity index (χ3v) is 6.50. The highest BCUT2D eigenvalue weighted by Crippen LogP contribution is 2.32. The molecule has 0 saturated carbocycles. The predicted molar refractivity (Wildman–Crippen MR) is 111 cm³/mol. The minimum absolute atomic E-state index is 0.0421. The number of hydrogen-bond acceptors (Lipinski definition) is 6. The number of piperidine rings is 1. The molecule has 0 radical (unpaired) electrons. The van der Waals surface area contributed by atoms with Gasteiger partial charge in [0.15, 0.2) is 5.43 Å². The molecule has 9 heteroatoms. The molecular weight excluding hydrogens is 388 g/mol. The SMILES string of the molecule is C[C@@H]1CCN(C(=O)Cc2nncs2)C[C@@H]1n1ccc(=O)c2cnc3[nH]ccc3c21. The van der Waals surface area contributed by atoms with E-state index in [2.05, 4.69) is 31.7 Å². The topological polar surface area (TPSA) is 96.8 Å². The molecule has 4 aromatic heterocycles. The molecular formula is C20H20N6O2S. The number of rotatable bonds is 3. The fourth-order valence-electron chi connectivity index (χ4n) is 4.19. The van der Waals surface area contributed by atoms with E-state index in [1.165, 1.54) is 11.3 Å². The minimum Gasteiger partial charge on any atom is -0.346 e. The average Bonchev–Trinajstić information content (AvgIpc) is 3.40. The third kappa shape index (κ3) is 3.11. The summed E-state index contributed by atoms with van der Waals surface area (Å²) in [6, 6.07) is 3.62. The first kappa shape index (κ1) is 18.0. The maximum Gasteiger partial charge on any atom is 0.229 e. The van der Waals surface area contributed by atoms with Crippen LogP contribution in [0.5, 0.6) is 0 Å². The van der Waals surface area contributed by atoms with Crippen molar-refractivity contribution in [2.75, 3.05) is 13.1 Å². The van der Waals surface area contributed by atoms with Crippen LogP contribution in [-0.4, -0.2) is 48.6 Å². The second-order valence-electron chi connectivity index (χ2n) is 7.53. The summed E-state index contributed by atoms with van der Waals surface area (Å²) in [5.74, 6) is 0.436. The quantitative estimate of drug-likeness (QED) is 0.561. The summed E-state index contributed by atoms with van der Waals surface area (Å²) in [7, 11) is 0. The van der Waals surface area contributed by atoms with Crippen LogP contribution in [0, 0.1) is 5.92 Å². The zero-order valence-electron chi connectivity index (χ0n) is 15.9. The van der Waals surface area contributed by atoms with Crippen LogP contribution in [0.2, 0.25) is 0 Å². The molecule has 4 aromatic rings. The van der Waals surface area contributed by atoms with Crippen molar-refractivity contribution in [3.63, 3.8) is 0 Å². The number of likely N-dealkylation sites (tertiary alicyclic amines) is 1. The van der Waals surface area contributed by atoms with Crippen molar-refractivity contribution in [2.24, 2.45) is 5.92 Å². The van der Waals surface area contributed by atoms with Crippen LogP contribution >= 0.6 is 11.3 Å². The number of carbonyl (C=O) groups excluding carboxylic acids is 1. The number of H-pyrrole nitrogens is 1. The molecule has 5 rings (SSSR count). The van der Waals surface area contributed by atoms with Crippen LogP contribution in [0.1, 0.15) is 24.4 Å². The third-order valence-electron chi connectivity index (χ3n) is 5.80. The normalized spacial score (nSPS) is 19.8. The lowest BCUT2D eigenvalue weighted by molar-refractivity contribution is -0.132. The molecule has 1 aliphatic heterocycles. The minimum atomic E-state index is -0.0421. The first-order valence-electron chi connectivity index (χ1n) is 9.61. The summed E-state index contributed by atoms with van der Waals surface area (Å²) in [5.41, 5.74) is 3.23. The number of nitrogens with zero attached hydrogens (tertiary/aromatic N) is 5. The lowest BCUT2D eigenvalue weighted by atomic mass is 9.92. The molecule has 29 heavy (non-hydrogen) atoms. The lowest BCUT2D eigenvalue weighted by Gasteiger charge is -2.39. The second-order valence-corrected chi connectivity index (χ2v) is 8.45. The number of amides is 1. The Labute approximate surface area is 170 Å². The Kier molecular flexibility index (Phi) is 4.39. The van der Waals surface area contributed by atoms with Crippen molar-refractivity contribution in [2.45, 2.75) is 25.8 Å². The Balaban J connectivity index is 1.54. The molecule has 0 bridgehead atoms. The zero-order valence-corrected chi connectivity index (χ0v) is 16.7. The zero-order chi connectivity index (χ0) is 20.0. The van der Waals surface area contributed by atoms with Crippen molar-refractivity contribution in [3.05, 3.63) is 51.5 Å². The van der Waals surface area contributed by atoms with Crippen molar-refractivity contribution in [1.29, 1.82) is 0 Å². The fourth-order valence-corrected chi connectivity index (χ4v) is 4.71. The summed E-state index contributed by atoms with van der Waals surface area (Å²) >= 11 is 1.40. The molecule has 1 saturated heterocycles. The van der Waals surface area contributed by atoms with E-state index in [4.69, 9.17) is 0 Å². The highest BCUT2D eigenvalue weighted by atomic mass is 32.1. The van der Waals surface area contributed by atoms with Gasteiger partial charge < -0.3 is 14.5 Å². The van der Waals surface area contributed by atoms with Crippen LogP contribution in [-0.2, 0) is 11.2 Å². The van der Waals surface area contributed by atoms with Gasteiger partial charge in [-0.25, -0.2) is 4.98 Å². The lowest BCUT2D eigenvalue weighted by Crippen LogP contribution is -2.44. The molecule has 0 unspecified atom stereocenters. The van der Waals surface area contributed by atoms with Crippen molar-refractivity contribution in [1.82, 2.24) is 29.6 Å².